The number of amides is 1. The first-order valence-electron chi connectivity index (χ1n) is 9.17. The topological polar surface area (TPSA) is 56.6 Å². The van der Waals surface area contributed by atoms with E-state index in [9.17, 15) is 4.79 Å². The number of ether oxygens (including phenoxy) is 2. The second kappa shape index (κ2) is 7.67. The van der Waals surface area contributed by atoms with Crippen LogP contribution < -0.4 is 9.47 Å². The van der Waals surface area contributed by atoms with E-state index in [4.69, 9.17) is 9.47 Å². The van der Waals surface area contributed by atoms with E-state index in [1.807, 2.05) is 52.3 Å². The molecule has 0 N–H and O–H groups in total. The van der Waals surface area contributed by atoms with Gasteiger partial charge in [0.15, 0.2) is 11.5 Å². The molecule has 28 heavy (non-hydrogen) atoms. The molecule has 1 unspecified atom stereocenters. The number of hydrogen-bond acceptors (Lipinski definition) is 5. The lowest BCUT2D eigenvalue weighted by Gasteiger charge is -2.38. The summed E-state index contributed by atoms with van der Waals surface area (Å²) in [6.45, 7) is 0.655. The molecule has 1 aliphatic rings. The number of nitrogens with zero attached hydrogens (tertiary/aromatic N) is 3. The van der Waals surface area contributed by atoms with Gasteiger partial charge in [-0.3, -0.25) is 9.48 Å². The SMILES string of the molecule is COc1cc2c(cc1OC)C(c1ccnn1C)N(C(=O)Cc1cccs1)CC2. The lowest BCUT2D eigenvalue weighted by atomic mass is 9.89. The lowest BCUT2D eigenvalue weighted by Crippen LogP contribution is -2.42. The Morgan fingerprint density at radius 3 is 2.68 bits per heavy atom. The minimum atomic E-state index is -0.205. The van der Waals surface area contributed by atoms with Crippen LogP contribution >= 0.6 is 11.3 Å². The van der Waals surface area contributed by atoms with Crippen LogP contribution in [0.5, 0.6) is 11.5 Å². The van der Waals surface area contributed by atoms with Gasteiger partial charge in [-0.15, -0.1) is 11.3 Å². The predicted molar refractivity (Wildman–Crippen MR) is 108 cm³/mol. The summed E-state index contributed by atoms with van der Waals surface area (Å²) in [4.78, 5) is 16.3. The highest BCUT2D eigenvalue weighted by atomic mass is 32.1. The first-order valence-corrected chi connectivity index (χ1v) is 10.0. The third kappa shape index (κ3) is 3.26. The van der Waals surface area contributed by atoms with Crippen molar-refractivity contribution in [2.24, 2.45) is 7.05 Å². The normalized spacial score (nSPS) is 16.0. The maximum absolute atomic E-state index is 13.2. The summed E-state index contributed by atoms with van der Waals surface area (Å²) < 4.78 is 12.8. The minimum absolute atomic E-state index is 0.120. The number of aryl methyl sites for hydroxylation is 1. The first-order chi connectivity index (χ1) is 13.6. The van der Waals surface area contributed by atoms with E-state index in [-0.39, 0.29) is 11.9 Å². The van der Waals surface area contributed by atoms with Gasteiger partial charge in [0.25, 0.3) is 0 Å². The zero-order valence-electron chi connectivity index (χ0n) is 16.2. The van der Waals surface area contributed by atoms with E-state index in [0.717, 1.165) is 22.6 Å². The molecule has 7 heteroatoms. The van der Waals surface area contributed by atoms with Crippen LogP contribution in [0.15, 0.2) is 41.9 Å². The highest BCUT2D eigenvalue weighted by molar-refractivity contribution is 7.10. The molecule has 0 fully saturated rings. The Balaban J connectivity index is 1.78. The van der Waals surface area contributed by atoms with Crippen molar-refractivity contribution in [3.05, 3.63) is 63.6 Å². The number of benzene rings is 1. The molecule has 146 valence electrons. The zero-order valence-corrected chi connectivity index (χ0v) is 17.0. The summed E-state index contributed by atoms with van der Waals surface area (Å²) in [5.41, 5.74) is 3.21. The molecule has 1 amide bonds. The number of aromatic nitrogens is 2. The Labute approximate surface area is 168 Å². The van der Waals surface area contributed by atoms with Gasteiger partial charge in [-0.05, 0) is 47.2 Å². The molecule has 4 rings (SSSR count). The molecule has 3 heterocycles. The van der Waals surface area contributed by atoms with Crippen LogP contribution in [0.3, 0.4) is 0 Å². The van der Waals surface area contributed by atoms with Crippen LogP contribution in [0.1, 0.15) is 27.7 Å². The molecule has 0 radical (unpaired) electrons. The average Bonchev–Trinajstić information content (AvgIpc) is 3.37. The molecule has 1 atom stereocenters. The molecule has 0 saturated heterocycles. The van der Waals surface area contributed by atoms with E-state index in [1.54, 1.807) is 31.8 Å². The zero-order chi connectivity index (χ0) is 19.7. The van der Waals surface area contributed by atoms with Gasteiger partial charge >= 0.3 is 0 Å². The van der Waals surface area contributed by atoms with Crippen LogP contribution in [0.4, 0.5) is 0 Å². The molecular weight excluding hydrogens is 374 g/mol. The summed E-state index contributed by atoms with van der Waals surface area (Å²) in [5.74, 6) is 1.50. The minimum Gasteiger partial charge on any atom is -0.493 e. The Bertz CT molecular complexity index is 981. The number of carbonyl (C=O) groups excluding carboxylic acids is 1. The quantitative estimate of drug-likeness (QED) is 0.663. The second-order valence-electron chi connectivity index (χ2n) is 6.78. The molecule has 0 spiro atoms. The fourth-order valence-electron chi connectivity index (χ4n) is 3.85. The van der Waals surface area contributed by atoms with Crippen molar-refractivity contribution < 1.29 is 14.3 Å². The van der Waals surface area contributed by atoms with Crippen molar-refractivity contribution in [2.45, 2.75) is 18.9 Å². The van der Waals surface area contributed by atoms with Gasteiger partial charge in [0.1, 0.15) is 0 Å². The number of carbonyl (C=O) groups is 1. The standard InChI is InChI=1S/C21H23N3O3S/c1-23-17(6-8-22-23)21-16-13-19(27-3)18(26-2)11-14(16)7-9-24(21)20(25)12-15-5-4-10-28-15/h4-6,8,10-11,13,21H,7,9,12H2,1-3H3. The van der Waals surface area contributed by atoms with E-state index in [2.05, 4.69) is 5.10 Å². The Hall–Kier alpha value is -2.80. The van der Waals surface area contributed by atoms with Gasteiger partial charge in [-0.2, -0.15) is 5.10 Å². The third-order valence-corrected chi connectivity index (χ3v) is 6.11. The molecule has 1 aromatic carbocycles. The molecule has 0 bridgehead atoms. The number of thiophene rings is 1. The van der Waals surface area contributed by atoms with Gasteiger partial charge in [-0.25, -0.2) is 0 Å². The number of rotatable bonds is 5. The second-order valence-corrected chi connectivity index (χ2v) is 7.81. The van der Waals surface area contributed by atoms with Crippen LogP contribution in [0, 0.1) is 0 Å². The summed E-state index contributed by atoms with van der Waals surface area (Å²) >= 11 is 1.61. The highest BCUT2D eigenvalue weighted by Gasteiger charge is 2.34. The van der Waals surface area contributed by atoms with Crippen molar-refractivity contribution >= 4 is 17.2 Å². The average molecular weight is 398 g/mol. The largest absolute Gasteiger partial charge is 0.493 e. The van der Waals surface area contributed by atoms with Crippen molar-refractivity contribution in [3.63, 3.8) is 0 Å². The molecule has 0 aliphatic carbocycles. The number of methoxy groups -OCH3 is 2. The predicted octanol–water partition coefficient (Wildman–Crippen LogP) is 3.22. The van der Waals surface area contributed by atoms with E-state index in [1.165, 1.54) is 5.56 Å². The van der Waals surface area contributed by atoms with E-state index >= 15 is 0 Å². The monoisotopic (exact) mass is 397 g/mol. The van der Waals surface area contributed by atoms with Crippen LogP contribution in [0.2, 0.25) is 0 Å². The Morgan fingerprint density at radius 2 is 2.04 bits per heavy atom. The van der Waals surface area contributed by atoms with E-state index in [0.29, 0.717) is 24.5 Å². The highest BCUT2D eigenvalue weighted by Crippen LogP contribution is 2.41. The van der Waals surface area contributed by atoms with Crippen LogP contribution in [-0.4, -0.2) is 41.4 Å². The molecule has 0 saturated carbocycles. The molecule has 1 aliphatic heterocycles. The van der Waals surface area contributed by atoms with Crippen LogP contribution in [0.25, 0.3) is 0 Å². The smallest absolute Gasteiger partial charge is 0.228 e. The van der Waals surface area contributed by atoms with Gasteiger partial charge in [0.05, 0.1) is 32.4 Å². The summed E-state index contributed by atoms with van der Waals surface area (Å²) in [7, 11) is 5.18. The van der Waals surface area contributed by atoms with Gasteiger partial charge in [-0.1, -0.05) is 6.07 Å². The van der Waals surface area contributed by atoms with Gasteiger partial charge in [0.2, 0.25) is 5.91 Å². The summed E-state index contributed by atoms with van der Waals surface area (Å²) in [6, 6.07) is 9.78. The molecular formula is C21H23N3O3S. The van der Waals surface area contributed by atoms with Crippen LogP contribution in [-0.2, 0) is 24.7 Å². The maximum Gasteiger partial charge on any atom is 0.228 e. The van der Waals surface area contributed by atoms with Gasteiger partial charge < -0.3 is 14.4 Å². The maximum atomic E-state index is 13.2. The Morgan fingerprint density at radius 1 is 1.25 bits per heavy atom. The Kier molecular flexibility index (Phi) is 5.09. The third-order valence-electron chi connectivity index (χ3n) is 5.24. The van der Waals surface area contributed by atoms with Crippen molar-refractivity contribution in [1.82, 2.24) is 14.7 Å². The fourth-order valence-corrected chi connectivity index (χ4v) is 4.55. The summed E-state index contributed by atoms with van der Waals surface area (Å²) in [6.07, 6.45) is 2.96. The van der Waals surface area contributed by atoms with Crippen molar-refractivity contribution in [1.29, 1.82) is 0 Å². The van der Waals surface area contributed by atoms with Gasteiger partial charge in [0, 0.05) is 24.7 Å². The molecule has 2 aromatic heterocycles. The molecule has 6 nitrogen and oxygen atoms in total. The molecule has 3 aromatic rings. The summed E-state index contributed by atoms with van der Waals surface area (Å²) in [5, 5.41) is 6.34. The lowest BCUT2D eigenvalue weighted by molar-refractivity contribution is -0.132. The number of fused-ring (bicyclic) bond motifs is 1. The first kappa shape index (κ1) is 18.6. The van der Waals surface area contributed by atoms with E-state index < -0.39 is 0 Å². The van der Waals surface area contributed by atoms with Crippen molar-refractivity contribution in [3.8, 4) is 11.5 Å². The van der Waals surface area contributed by atoms with Crippen molar-refractivity contribution in [2.75, 3.05) is 20.8 Å². The fraction of sp³-hybridized carbons (Fsp3) is 0.333. The number of hydrogen-bond donors (Lipinski definition) is 0.